The number of esters is 1. The van der Waals surface area contributed by atoms with Crippen LogP contribution in [0.25, 0.3) is 0 Å². The van der Waals surface area contributed by atoms with Crippen LogP contribution < -0.4 is 0 Å². The zero-order valence-electron chi connectivity index (χ0n) is 12.9. The standard InChI is InChI=1S/C15H21ClN2O4/c1-10(16)14(19)18(11-6-4-3-5-7-11)8-13-17-12(9-22-13)15(20)21-2/h9-11H,3-8H2,1-2H3. The molecule has 22 heavy (non-hydrogen) atoms. The predicted molar refractivity (Wildman–Crippen MR) is 80.6 cm³/mol. The van der Waals surface area contributed by atoms with Crippen molar-refractivity contribution in [2.24, 2.45) is 0 Å². The van der Waals surface area contributed by atoms with Crippen molar-refractivity contribution < 1.29 is 18.7 Å². The third-order valence-electron chi connectivity index (χ3n) is 3.89. The van der Waals surface area contributed by atoms with Gasteiger partial charge < -0.3 is 14.1 Å². The van der Waals surface area contributed by atoms with Crippen molar-refractivity contribution in [3.05, 3.63) is 17.8 Å². The van der Waals surface area contributed by atoms with Crippen LogP contribution in [0.1, 0.15) is 55.4 Å². The molecule has 6 nitrogen and oxygen atoms in total. The molecule has 0 spiro atoms. The Bertz CT molecular complexity index is 523. The largest absolute Gasteiger partial charge is 0.464 e. The fourth-order valence-corrected chi connectivity index (χ4v) is 2.86. The van der Waals surface area contributed by atoms with Gasteiger partial charge in [0, 0.05) is 6.04 Å². The lowest BCUT2D eigenvalue weighted by atomic mass is 9.94. The number of hydrogen-bond acceptors (Lipinski definition) is 5. The zero-order valence-corrected chi connectivity index (χ0v) is 13.6. The number of methoxy groups -OCH3 is 1. The second kappa shape index (κ2) is 7.63. The molecular weight excluding hydrogens is 308 g/mol. The van der Waals surface area contributed by atoms with Crippen LogP contribution in [-0.4, -0.2) is 40.3 Å². The molecular formula is C15H21ClN2O4. The van der Waals surface area contributed by atoms with Gasteiger partial charge in [-0.1, -0.05) is 19.3 Å². The van der Waals surface area contributed by atoms with Gasteiger partial charge in [0.1, 0.15) is 11.6 Å². The van der Waals surface area contributed by atoms with E-state index in [-0.39, 0.29) is 24.2 Å². The summed E-state index contributed by atoms with van der Waals surface area (Å²) in [5.41, 5.74) is 0.104. The van der Waals surface area contributed by atoms with Crippen LogP contribution in [0.2, 0.25) is 0 Å². The monoisotopic (exact) mass is 328 g/mol. The molecule has 1 atom stereocenters. The Morgan fingerprint density at radius 2 is 2.14 bits per heavy atom. The molecule has 1 aromatic rings. The smallest absolute Gasteiger partial charge is 0.360 e. The van der Waals surface area contributed by atoms with Gasteiger partial charge >= 0.3 is 5.97 Å². The Balaban J connectivity index is 2.13. The van der Waals surface area contributed by atoms with E-state index >= 15 is 0 Å². The first-order valence-corrected chi connectivity index (χ1v) is 7.94. The minimum Gasteiger partial charge on any atom is -0.464 e. The van der Waals surface area contributed by atoms with Gasteiger partial charge in [-0.2, -0.15) is 0 Å². The van der Waals surface area contributed by atoms with Gasteiger partial charge in [-0.3, -0.25) is 4.79 Å². The van der Waals surface area contributed by atoms with Gasteiger partial charge in [-0.15, -0.1) is 11.6 Å². The van der Waals surface area contributed by atoms with Gasteiger partial charge in [0.2, 0.25) is 11.8 Å². The molecule has 1 saturated carbocycles. The van der Waals surface area contributed by atoms with E-state index in [0.29, 0.717) is 5.89 Å². The molecule has 0 bridgehead atoms. The summed E-state index contributed by atoms with van der Waals surface area (Å²) in [7, 11) is 1.28. The average Bonchev–Trinajstić information content (AvgIpc) is 3.00. The maximum Gasteiger partial charge on any atom is 0.360 e. The first-order valence-electron chi connectivity index (χ1n) is 7.50. The molecule has 1 aromatic heterocycles. The fourth-order valence-electron chi connectivity index (χ4n) is 2.74. The summed E-state index contributed by atoms with van der Waals surface area (Å²) in [5, 5.41) is -0.600. The molecule has 1 aliphatic rings. The van der Waals surface area contributed by atoms with E-state index < -0.39 is 11.3 Å². The number of hydrogen-bond donors (Lipinski definition) is 0. The number of ether oxygens (including phenoxy) is 1. The Morgan fingerprint density at radius 1 is 1.45 bits per heavy atom. The molecule has 122 valence electrons. The Hall–Kier alpha value is -1.56. The molecule has 1 heterocycles. The first kappa shape index (κ1) is 16.8. The molecule has 1 unspecified atom stereocenters. The summed E-state index contributed by atoms with van der Waals surface area (Å²) < 4.78 is 9.88. The number of amides is 1. The highest BCUT2D eigenvalue weighted by atomic mass is 35.5. The minimum atomic E-state index is -0.600. The summed E-state index contributed by atoms with van der Waals surface area (Å²) in [5.74, 6) is -0.376. The van der Waals surface area contributed by atoms with E-state index in [0.717, 1.165) is 25.7 Å². The molecule has 7 heteroatoms. The van der Waals surface area contributed by atoms with E-state index in [4.69, 9.17) is 16.0 Å². The third-order valence-corrected chi connectivity index (χ3v) is 4.08. The number of alkyl halides is 1. The zero-order chi connectivity index (χ0) is 16.1. The van der Waals surface area contributed by atoms with Gasteiger partial charge in [-0.05, 0) is 19.8 Å². The molecule has 0 radical (unpaired) electrons. The van der Waals surface area contributed by atoms with Crippen LogP contribution in [0.4, 0.5) is 0 Å². The summed E-state index contributed by atoms with van der Waals surface area (Å²) in [6.45, 7) is 1.88. The highest BCUT2D eigenvalue weighted by Crippen LogP contribution is 2.25. The average molecular weight is 329 g/mol. The highest BCUT2D eigenvalue weighted by molar-refractivity contribution is 6.30. The van der Waals surface area contributed by atoms with Crippen LogP contribution in [-0.2, 0) is 16.1 Å². The summed E-state index contributed by atoms with van der Waals surface area (Å²) in [6.07, 6.45) is 6.56. The second-order valence-electron chi connectivity index (χ2n) is 5.49. The summed E-state index contributed by atoms with van der Waals surface area (Å²) in [6, 6.07) is 0.149. The van der Waals surface area contributed by atoms with E-state index in [1.807, 2.05) is 0 Å². The van der Waals surface area contributed by atoms with Crippen LogP contribution in [0, 0.1) is 0 Å². The number of carbonyl (C=O) groups excluding carboxylic acids is 2. The van der Waals surface area contributed by atoms with Crippen LogP contribution >= 0.6 is 11.6 Å². The molecule has 0 N–H and O–H groups in total. The number of rotatable bonds is 5. The number of halogens is 1. The molecule has 1 fully saturated rings. The second-order valence-corrected chi connectivity index (χ2v) is 6.15. The summed E-state index contributed by atoms with van der Waals surface area (Å²) in [4.78, 5) is 29.6. The van der Waals surface area contributed by atoms with Gasteiger partial charge in [0.25, 0.3) is 0 Å². The fraction of sp³-hybridized carbons (Fsp3) is 0.667. The number of oxazole rings is 1. The molecule has 2 rings (SSSR count). The first-order chi connectivity index (χ1) is 10.5. The van der Waals surface area contributed by atoms with E-state index in [1.165, 1.54) is 19.8 Å². The Kier molecular flexibility index (Phi) is 5.83. The van der Waals surface area contributed by atoms with Crippen molar-refractivity contribution in [1.29, 1.82) is 0 Å². The lowest BCUT2D eigenvalue weighted by molar-refractivity contribution is -0.134. The normalized spacial score (nSPS) is 17.0. The van der Waals surface area contributed by atoms with Gasteiger partial charge in [0.15, 0.2) is 5.69 Å². The lowest BCUT2D eigenvalue weighted by Crippen LogP contribution is -2.44. The minimum absolute atomic E-state index is 0.104. The van der Waals surface area contributed by atoms with Crippen molar-refractivity contribution in [1.82, 2.24) is 9.88 Å². The highest BCUT2D eigenvalue weighted by Gasteiger charge is 2.29. The maximum atomic E-state index is 12.4. The van der Waals surface area contributed by atoms with Crippen LogP contribution in [0.3, 0.4) is 0 Å². The predicted octanol–water partition coefficient (Wildman–Crippen LogP) is 2.75. The molecule has 1 aliphatic carbocycles. The van der Waals surface area contributed by atoms with E-state index in [2.05, 4.69) is 9.72 Å². The molecule has 0 aliphatic heterocycles. The maximum absolute atomic E-state index is 12.4. The SMILES string of the molecule is COC(=O)c1coc(CN(C(=O)C(C)Cl)C2CCCCC2)n1. The number of nitrogens with zero attached hydrogens (tertiary/aromatic N) is 2. The van der Waals surface area contributed by atoms with E-state index in [1.54, 1.807) is 11.8 Å². The van der Waals surface area contributed by atoms with Crippen molar-refractivity contribution in [2.75, 3.05) is 7.11 Å². The van der Waals surface area contributed by atoms with E-state index in [9.17, 15) is 9.59 Å². The lowest BCUT2D eigenvalue weighted by Gasteiger charge is -2.34. The number of aromatic nitrogens is 1. The van der Waals surface area contributed by atoms with Crippen LogP contribution in [0.15, 0.2) is 10.7 Å². The quantitative estimate of drug-likeness (QED) is 0.614. The summed E-state index contributed by atoms with van der Waals surface area (Å²) >= 11 is 5.97. The van der Waals surface area contributed by atoms with Crippen LogP contribution in [0.5, 0.6) is 0 Å². The van der Waals surface area contributed by atoms with Crippen molar-refractivity contribution in [3.8, 4) is 0 Å². The molecule has 1 amide bonds. The number of carbonyl (C=O) groups is 2. The van der Waals surface area contributed by atoms with Crippen molar-refractivity contribution in [3.63, 3.8) is 0 Å². The van der Waals surface area contributed by atoms with Gasteiger partial charge in [0.05, 0.1) is 13.7 Å². The van der Waals surface area contributed by atoms with Crippen molar-refractivity contribution in [2.45, 2.75) is 57.0 Å². The van der Waals surface area contributed by atoms with Crippen molar-refractivity contribution >= 4 is 23.5 Å². The topological polar surface area (TPSA) is 72.6 Å². The molecule has 0 aromatic carbocycles. The Morgan fingerprint density at radius 3 is 2.73 bits per heavy atom. The molecule has 0 saturated heterocycles. The Labute approximate surface area is 134 Å². The third kappa shape index (κ3) is 4.00. The van der Waals surface area contributed by atoms with Gasteiger partial charge in [-0.25, -0.2) is 9.78 Å².